The Morgan fingerprint density at radius 2 is 1.16 bits per heavy atom. The summed E-state index contributed by atoms with van der Waals surface area (Å²) in [6.45, 7) is 0. The molecule has 38 heavy (non-hydrogen) atoms. The Morgan fingerprint density at radius 3 is 1.61 bits per heavy atom. The van der Waals surface area contributed by atoms with Crippen molar-refractivity contribution >= 4 is 34.1 Å². The van der Waals surface area contributed by atoms with Crippen molar-refractivity contribution in [1.29, 1.82) is 0 Å². The number of halogens is 2. The van der Waals surface area contributed by atoms with Gasteiger partial charge in [0.25, 0.3) is 5.69 Å². The summed E-state index contributed by atoms with van der Waals surface area (Å²) in [6, 6.07) is 7.36. The Morgan fingerprint density at radius 1 is 0.684 bits per heavy atom. The zero-order valence-electron chi connectivity index (χ0n) is 18.9. The zero-order valence-corrected chi connectivity index (χ0v) is 20.5. The van der Waals surface area contributed by atoms with Gasteiger partial charge in [0, 0.05) is 36.6 Å². The standard InChI is InChI=1S/C22H18N6O8.2ClH/c29-25(30)17-1-3-19(21(13-17)27(33)34)23-9-5-15(6-10-23)16-7-11-24(12-8-16)20-4-2-18(26(31)32)14-22(20)28(35)36;;/h1-14,29-30,35-36H;2*1H/q-2;;/p-2. The van der Waals surface area contributed by atoms with Crippen molar-refractivity contribution in [2.45, 2.75) is 0 Å². The van der Waals surface area contributed by atoms with Crippen molar-refractivity contribution in [1.82, 2.24) is 0 Å². The molecular formula is C22H18Cl2N6O8-4. The first-order valence-corrected chi connectivity index (χ1v) is 10.1. The first kappa shape index (κ1) is 30.1. The second-order valence-corrected chi connectivity index (χ2v) is 7.43. The molecule has 4 rings (SSSR count). The van der Waals surface area contributed by atoms with E-state index in [1.54, 1.807) is 54.0 Å². The number of rotatable bonds is 6. The molecule has 0 amide bonds. The van der Waals surface area contributed by atoms with E-state index in [1.807, 2.05) is 0 Å². The van der Waals surface area contributed by atoms with Gasteiger partial charge in [-0.25, -0.2) is 0 Å². The molecule has 0 aromatic heterocycles. The van der Waals surface area contributed by atoms with Gasteiger partial charge >= 0.3 is 0 Å². The van der Waals surface area contributed by atoms with Crippen molar-refractivity contribution in [3.8, 4) is 0 Å². The van der Waals surface area contributed by atoms with Crippen molar-refractivity contribution in [3.05, 3.63) is 117 Å². The Kier molecular flexibility index (Phi) is 9.84. The van der Waals surface area contributed by atoms with Gasteiger partial charge in [-0.3, -0.25) is 30.9 Å². The van der Waals surface area contributed by atoms with Crippen LogP contribution in [-0.2, 0) is 0 Å². The average Bonchev–Trinajstić information content (AvgIpc) is 2.88. The van der Waals surface area contributed by atoms with E-state index >= 15 is 0 Å². The number of nitrogens with zero attached hydrogens (tertiary/aromatic N) is 6. The van der Waals surface area contributed by atoms with E-state index in [2.05, 4.69) is 0 Å². The molecule has 4 N–H and O–H groups in total. The number of benzene rings is 2. The van der Waals surface area contributed by atoms with Gasteiger partial charge in [-0.05, 0) is 65.8 Å². The van der Waals surface area contributed by atoms with Gasteiger partial charge in [0.1, 0.15) is 17.1 Å². The zero-order chi connectivity index (χ0) is 26.0. The Balaban J connectivity index is 0.00000253. The summed E-state index contributed by atoms with van der Waals surface area (Å²) < 4.78 is 0. The monoisotopic (exact) mass is 564 g/mol. The molecule has 202 valence electrons. The number of hydrogen-bond donors (Lipinski definition) is 4. The average molecular weight is 565 g/mol. The van der Waals surface area contributed by atoms with Gasteiger partial charge in [-0.15, -0.1) is 10.5 Å². The summed E-state index contributed by atoms with van der Waals surface area (Å²) >= 11 is 0. The van der Waals surface area contributed by atoms with Crippen LogP contribution in [0, 0.1) is 20.5 Å². The van der Waals surface area contributed by atoms with E-state index in [-0.39, 0.29) is 69.4 Å². The Labute approximate surface area is 227 Å². The van der Waals surface area contributed by atoms with Crippen molar-refractivity contribution in [3.63, 3.8) is 0 Å². The highest BCUT2D eigenvalue weighted by Crippen LogP contribution is 2.36. The van der Waals surface area contributed by atoms with Gasteiger partial charge in [-0.2, -0.15) is 0 Å². The molecule has 0 unspecified atom stereocenters. The Bertz CT molecular complexity index is 1310. The minimum atomic E-state index is -0.650. The van der Waals surface area contributed by atoms with E-state index in [4.69, 9.17) is 10.4 Å². The van der Waals surface area contributed by atoms with E-state index in [0.717, 1.165) is 23.3 Å². The maximum Gasteiger partial charge on any atom is 0.295 e. The largest absolute Gasteiger partial charge is 1.00 e. The fourth-order valence-corrected chi connectivity index (χ4v) is 3.56. The molecule has 0 bridgehead atoms. The number of hydrogen-bond acceptors (Lipinski definition) is 13. The maximum atomic E-state index is 11.5. The summed E-state index contributed by atoms with van der Waals surface area (Å²) in [4.78, 5) is 13.9. The van der Waals surface area contributed by atoms with Crippen LogP contribution in [0.25, 0.3) is 0 Å². The molecule has 0 saturated heterocycles. The molecule has 0 atom stereocenters. The predicted octanol–water partition coefficient (Wildman–Crippen LogP) is -1.73. The summed E-state index contributed by atoms with van der Waals surface area (Å²) in [6.07, 6.45) is 13.4. The van der Waals surface area contributed by atoms with Crippen LogP contribution in [0.2, 0.25) is 0 Å². The van der Waals surface area contributed by atoms with Crippen molar-refractivity contribution < 1.29 is 50.6 Å². The Hall–Kier alpha value is -4.12. The third kappa shape index (κ3) is 6.23. The number of allylic oxidation sites excluding steroid dienone is 6. The van der Waals surface area contributed by atoms with Crippen LogP contribution in [0.3, 0.4) is 0 Å². The molecular weight excluding hydrogens is 547 g/mol. The normalized spacial score (nSPS) is 13.7. The van der Waals surface area contributed by atoms with Crippen LogP contribution in [0.4, 0.5) is 34.1 Å². The van der Waals surface area contributed by atoms with E-state index in [1.165, 1.54) is 29.2 Å². The summed E-state index contributed by atoms with van der Waals surface area (Å²) in [7, 11) is 0. The van der Waals surface area contributed by atoms with Gasteiger partial charge in [0.15, 0.2) is 0 Å². The highest BCUT2D eigenvalue weighted by molar-refractivity contribution is 5.78. The number of nitro benzene ring substituents is 1. The molecule has 0 radical (unpaired) electrons. The van der Waals surface area contributed by atoms with Crippen molar-refractivity contribution in [2.24, 2.45) is 0 Å². The first-order chi connectivity index (χ1) is 17.2. The molecule has 2 aliphatic heterocycles. The lowest BCUT2D eigenvalue weighted by Crippen LogP contribution is -3.00. The molecule has 0 spiro atoms. The lowest BCUT2D eigenvalue weighted by atomic mass is 10.0. The minimum Gasteiger partial charge on any atom is -1.00 e. The van der Waals surface area contributed by atoms with Crippen LogP contribution in [0.1, 0.15) is 0 Å². The summed E-state index contributed by atoms with van der Waals surface area (Å²) in [5.41, 5.74) is 1.03. The van der Waals surface area contributed by atoms with Crippen molar-refractivity contribution in [2.75, 3.05) is 25.5 Å². The van der Waals surface area contributed by atoms with E-state index < -0.39 is 10.1 Å². The van der Waals surface area contributed by atoms with E-state index in [0.29, 0.717) is 0 Å². The van der Waals surface area contributed by atoms with Crippen LogP contribution < -0.4 is 50.3 Å². The molecule has 0 aliphatic carbocycles. The fraction of sp³-hybridized carbons (Fsp3) is 0. The smallest absolute Gasteiger partial charge is 0.295 e. The second-order valence-electron chi connectivity index (χ2n) is 7.43. The molecule has 2 heterocycles. The molecule has 2 aliphatic rings. The van der Waals surface area contributed by atoms with Gasteiger partial charge < -0.3 is 50.3 Å². The quantitative estimate of drug-likeness (QED) is 0.229. The van der Waals surface area contributed by atoms with Gasteiger partial charge in [-0.1, -0.05) is 0 Å². The first-order valence-electron chi connectivity index (χ1n) is 10.1. The summed E-state index contributed by atoms with van der Waals surface area (Å²) in [5.74, 6) is 0. The van der Waals surface area contributed by atoms with Crippen LogP contribution in [0.15, 0.2) is 96.6 Å². The lowest BCUT2D eigenvalue weighted by molar-refractivity contribution is -0.384. The lowest BCUT2D eigenvalue weighted by Gasteiger charge is -2.38. The molecule has 2 aromatic rings. The molecule has 2 aromatic carbocycles. The third-order valence-electron chi connectivity index (χ3n) is 5.32. The molecule has 0 saturated carbocycles. The highest BCUT2D eigenvalue weighted by atomic mass is 35.5. The molecule has 14 nitrogen and oxygen atoms in total. The third-order valence-corrected chi connectivity index (χ3v) is 5.32. The number of nitro groups is 1. The fourth-order valence-electron chi connectivity index (χ4n) is 3.56. The maximum absolute atomic E-state index is 11.5. The van der Waals surface area contributed by atoms with E-state index in [9.17, 15) is 30.9 Å². The molecule has 16 heteroatoms. The SMILES string of the molecule is O=[N+]([O-])c1cc(N(O)O)ccc1N1C=CC(=C2C=CN(c3ccc(N([O-])[O-])cc3N(O)O)C=C2)C=C1.[Cl-].[Cl-]. The summed E-state index contributed by atoms with van der Waals surface area (Å²) in [5, 5.41) is 69.7. The minimum absolute atomic E-state index is 0. The van der Waals surface area contributed by atoms with Crippen LogP contribution in [-0.4, -0.2) is 25.8 Å². The molecule has 0 fully saturated rings. The van der Waals surface area contributed by atoms with Crippen LogP contribution >= 0.6 is 0 Å². The topological polar surface area (TPSA) is 186 Å². The predicted molar refractivity (Wildman–Crippen MR) is 129 cm³/mol. The second kappa shape index (κ2) is 12.4. The van der Waals surface area contributed by atoms with Gasteiger partial charge in [0.2, 0.25) is 0 Å². The highest BCUT2D eigenvalue weighted by Gasteiger charge is 2.21. The number of anilines is 5. The van der Waals surface area contributed by atoms with Crippen LogP contribution in [0.5, 0.6) is 0 Å². The van der Waals surface area contributed by atoms with Gasteiger partial charge in [0.05, 0.1) is 10.6 Å².